The van der Waals surface area contributed by atoms with Crippen LogP contribution in [0.2, 0.25) is 0 Å². The normalized spacial score (nSPS) is 25.7. The minimum absolute atomic E-state index is 0.0379. The molecule has 1 aliphatic rings. The fraction of sp³-hybridized carbons (Fsp3) is 0.538. The third kappa shape index (κ3) is 5.06. The van der Waals surface area contributed by atoms with Gasteiger partial charge in [0.2, 0.25) is 0 Å². The highest BCUT2D eigenvalue weighted by molar-refractivity contribution is 7.86. The van der Waals surface area contributed by atoms with Gasteiger partial charge in [0.1, 0.15) is 0 Å². The first-order valence-electron chi connectivity index (χ1n) is 6.41. The number of rotatable bonds is 7. The first kappa shape index (κ1) is 16.4. The number of hydrogen-bond acceptors (Lipinski definition) is 6. The van der Waals surface area contributed by atoms with Crippen molar-refractivity contribution in [1.29, 1.82) is 0 Å². The van der Waals surface area contributed by atoms with Crippen LogP contribution in [0, 0.1) is 11.8 Å². The molecule has 2 rings (SSSR count). The summed E-state index contributed by atoms with van der Waals surface area (Å²) in [6.07, 6.45) is 1.99. The molecule has 0 bridgehead atoms. The van der Waals surface area contributed by atoms with Crippen LogP contribution in [0.15, 0.2) is 30.3 Å². The summed E-state index contributed by atoms with van der Waals surface area (Å²) in [5.41, 5.74) is 1.03. The van der Waals surface area contributed by atoms with E-state index in [2.05, 4.69) is 0 Å². The highest BCUT2D eigenvalue weighted by Crippen LogP contribution is 2.54. The van der Waals surface area contributed by atoms with Gasteiger partial charge in [0.05, 0.1) is 25.7 Å². The van der Waals surface area contributed by atoms with Crippen LogP contribution in [-0.2, 0) is 28.6 Å². The fourth-order valence-electron chi connectivity index (χ4n) is 2.47. The van der Waals surface area contributed by atoms with Crippen molar-refractivity contribution in [2.45, 2.75) is 5.92 Å². The molecule has 0 spiro atoms. The molecule has 0 N–H and O–H groups in total. The predicted molar refractivity (Wildman–Crippen MR) is 77.8 cm³/mol. The second-order valence-electron chi connectivity index (χ2n) is 5.24. The molecule has 0 amide bonds. The van der Waals surface area contributed by atoms with Crippen LogP contribution in [0.3, 0.4) is 0 Å². The molecule has 0 heterocycles. The van der Waals surface area contributed by atoms with Crippen molar-refractivity contribution in [3.8, 4) is 0 Å². The minimum atomic E-state index is -3.51. The SMILES string of the molecule is CS(=O)(=O)OC[C@@H]1[C@H](COS(C)(=O)=O)[C@H]1c1ccccc1. The molecule has 0 unspecified atom stereocenters. The maximum Gasteiger partial charge on any atom is 0.264 e. The predicted octanol–water partition coefficient (Wildman–Crippen LogP) is 0.969. The van der Waals surface area contributed by atoms with Crippen LogP contribution in [-0.4, -0.2) is 42.6 Å². The first-order chi connectivity index (χ1) is 9.67. The molecule has 0 saturated heterocycles. The molecule has 21 heavy (non-hydrogen) atoms. The Bertz CT molecular complexity index is 639. The zero-order valence-corrected chi connectivity index (χ0v) is 13.4. The molecule has 0 aromatic heterocycles. The Hall–Kier alpha value is -0.960. The van der Waals surface area contributed by atoms with E-state index in [4.69, 9.17) is 8.37 Å². The van der Waals surface area contributed by atoms with E-state index in [1.807, 2.05) is 30.3 Å². The maximum absolute atomic E-state index is 11.1. The van der Waals surface area contributed by atoms with Gasteiger partial charge in [0, 0.05) is 0 Å². The molecule has 1 saturated carbocycles. The van der Waals surface area contributed by atoms with Crippen molar-refractivity contribution in [3.63, 3.8) is 0 Å². The van der Waals surface area contributed by atoms with Gasteiger partial charge in [-0.2, -0.15) is 16.8 Å². The van der Waals surface area contributed by atoms with Crippen LogP contribution in [0.4, 0.5) is 0 Å². The molecule has 6 nitrogen and oxygen atoms in total. The standard InChI is InChI=1S/C13H18O6S2/c1-20(14,15)18-8-11-12(9-19-21(2,16)17)13(11)10-6-4-3-5-7-10/h3-7,11-13H,8-9H2,1-2H3/t11-,12+,13+. The highest BCUT2D eigenvalue weighted by Gasteiger charge is 2.51. The third-order valence-corrected chi connectivity index (χ3v) is 4.59. The van der Waals surface area contributed by atoms with Crippen molar-refractivity contribution in [1.82, 2.24) is 0 Å². The zero-order valence-electron chi connectivity index (χ0n) is 11.8. The van der Waals surface area contributed by atoms with Crippen LogP contribution < -0.4 is 0 Å². The lowest BCUT2D eigenvalue weighted by molar-refractivity contribution is 0.264. The fourth-order valence-corrected chi connectivity index (χ4v) is 3.28. The summed E-state index contributed by atoms with van der Waals surface area (Å²) >= 11 is 0. The van der Waals surface area contributed by atoms with Gasteiger partial charge in [-0.05, 0) is 23.3 Å². The second kappa shape index (κ2) is 6.04. The lowest BCUT2D eigenvalue weighted by Gasteiger charge is -2.01. The van der Waals surface area contributed by atoms with Gasteiger partial charge in [-0.1, -0.05) is 30.3 Å². The van der Waals surface area contributed by atoms with Crippen LogP contribution in [0.1, 0.15) is 11.5 Å². The molecule has 1 fully saturated rings. The molecule has 1 aliphatic carbocycles. The van der Waals surface area contributed by atoms with Gasteiger partial charge in [0.25, 0.3) is 20.2 Å². The summed E-state index contributed by atoms with van der Waals surface area (Å²) in [4.78, 5) is 0. The monoisotopic (exact) mass is 334 g/mol. The molecule has 1 aromatic carbocycles. The van der Waals surface area contributed by atoms with Gasteiger partial charge in [-0.3, -0.25) is 8.37 Å². The van der Waals surface area contributed by atoms with E-state index in [0.29, 0.717) is 0 Å². The smallest absolute Gasteiger partial charge is 0.264 e. The molecule has 3 atom stereocenters. The van der Waals surface area contributed by atoms with E-state index in [1.165, 1.54) is 0 Å². The van der Waals surface area contributed by atoms with Crippen molar-refractivity contribution in [2.24, 2.45) is 11.8 Å². The summed E-state index contributed by atoms with van der Waals surface area (Å²) in [6.45, 7) is 0.0758. The third-order valence-electron chi connectivity index (χ3n) is 3.47. The van der Waals surface area contributed by atoms with Crippen molar-refractivity contribution >= 4 is 20.2 Å². The van der Waals surface area contributed by atoms with E-state index in [-0.39, 0.29) is 31.0 Å². The van der Waals surface area contributed by atoms with Crippen molar-refractivity contribution in [3.05, 3.63) is 35.9 Å². The number of hydrogen-bond donors (Lipinski definition) is 0. The van der Waals surface area contributed by atoms with Gasteiger partial charge in [-0.25, -0.2) is 0 Å². The van der Waals surface area contributed by atoms with Crippen molar-refractivity contribution < 1.29 is 25.2 Å². The largest absolute Gasteiger partial charge is 0.270 e. The summed E-state index contributed by atoms with van der Waals surface area (Å²) in [5.74, 6) is -0.0811. The maximum atomic E-state index is 11.1. The summed E-state index contributed by atoms with van der Waals surface area (Å²) < 4.78 is 54.0. The van der Waals surface area contributed by atoms with E-state index < -0.39 is 20.2 Å². The number of benzene rings is 1. The average molecular weight is 334 g/mol. The highest BCUT2D eigenvalue weighted by atomic mass is 32.2. The Morgan fingerprint density at radius 2 is 1.29 bits per heavy atom. The van der Waals surface area contributed by atoms with E-state index in [1.54, 1.807) is 0 Å². The molecule has 118 valence electrons. The van der Waals surface area contributed by atoms with Gasteiger partial charge in [-0.15, -0.1) is 0 Å². The molecule has 8 heteroatoms. The molecule has 0 aliphatic heterocycles. The molecule has 0 radical (unpaired) electrons. The van der Waals surface area contributed by atoms with Gasteiger partial charge in [0.15, 0.2) is 0 Å². The van der Waals surface area contributed by atoms with Gasteiger partial charge >= 0.3 is 0 Å². The quantitative estimate of drug-likeness (QED) is 0.691. The van der Waals surface area contributed by atoms with E-state index in [9.17, 15) is 16.8 Å². The summed E-state index contributed by atoms with van der Waals surface area (Å²) in [5, 5.41) is 0. The van der Waals surface area contributed by atoms with E-state index >= 15 is 0 Å². The lowest BCUT2D eigenvalue weighted by atomic mass is 10.1. The lowest BCUT2D eigenvalue weighted by Crippen LogP contribution is -2.09. The first-order valence-corrected chi connectivity index (χ1v) is 10.0. The van der Waals surface area contributed by atoms with Crippen LogP contribution >= 0.6 is 0 Å². The summed E-state index contributed by atoms with van der Waals surface area (Å²) in [7, 11) is -7.02. The Labute approximate surface area is 125 Å². The van der Waals surface area contributed by atoms with E-state index in [0.717, 1.165) is 18.1 Å². The Kier molecular flexibility index (Phi) is 4.72. The molecular weight excluding hydrogens is 316 g/mol. The van der Waals surface area contributed by atoms with Crippen molar-refractivity contribution in [2.75, 3.05) is 25.7 Å². The minimum Gasteiger partial charge on any atom is -0.270 e. The Balaban J connectivity index is 2.05. The summed E-state index contributed by atoms with van der Waals surface area (Å²) in [6, 6.07) is 9.51. The van der Waals surface area contributed by atoms with Gasteiger partial charge < -0.3 is 0 Å². The topological polar surface area (TPSA) is 86.7 Å². The molecular formula is C13H18O6S2. The zero-order chi connectivity index (χ0) is 15.7. The molecule has 1 aromatic rings. The Morgan fingerprint density at radius 3 is 1.67 bits per heavy atom. The Morgan fingerprint density at radius 1 is 0.857 bits per heavy atom. The van der Waals surface area contributed by atoms with Crippen LogP contribution in [0.25, 0.3) is 0 Å². The second-order valence-corrected chi connectivity index (χ2v) is 8.53. The van der Waals surface area contributed by atoms with Crippen LogP contribution in [0.5, 0.6) is 0 Å². The average Bonchev–Trinajstić information content (AvgIpc) is 3.07.